The van der Waals surface area contributed by atoms with E-state index in [2.05, 4.69) is 5.32 Å². The summed E-state index contributed by atoms with van der Waals surface area (Å²) in [5.74, 6) is 1.48. The van der Waals surface area contributed by atoms with Crippen molar-refractivity contribution in [2.75, 3.05) is 31.3 Å². The maximum atomic E-state index is 12.9. The van der Waals surface area contributed by atoms with Crippen molar-refractivity contribution in [3.8, 4) is 17.2 Å². The molecule has 0 saturated carbocycles. The van der Waals surface area contributed by atoms with E-state index in [1.54, 1.807) is 43.5 Å². The Morgan fingerprint density at radius 2 is 1.74 bits per heavy atom. The first-order valence-corrected chi connectivity index (χ1v) is 11.7. The summed E-state index contributed by atoms with van der Waals surface area (Å²) in [6.07, 6.45) is 1.61. The zero-order valence-corrected chi connectivity index (χ0v) is 19.2. The lowest BCUT2D eigenvalue weighted by Crippen LogP contribution is -2.45. The second-order valence-electron chi connectivity index (χ2n) is 8.06. The summed E-state index contributed by atoms with van der Waals surface area (Å²) in [4.78, 5) is 12.9. The van der Waals surface area contributed by atoms with Gasteiger partial charge in [0.05, 0.1) is 32.2 Å². The third-order valence-corrected chi connectivity index (χ3v) is 6.20. The predicted octanol–water partition coefficient (Wildman–Crippen LogP) is 2.89. The Bertz CT molecular complexity index is 1050. The maximum absolute atomic E-state index is 12.9. The molecule has 1 aliphatic rings. The number of nitrogens with zero attached hydrogens (tertiary/aromatic N) is 1. The molecule has 9 heteroatoms. The van der Waals surface area contributed by atoms with Crippen LogP contribution in [0.5, 0.6) is 17.2 Å². The molecule has 168 valence electrons. The van der Waals surface area contributed by atoms with Gasteiger partial charge >= 0.3 is 0 Å². The molecule has 0 bridgehead atoms. The minimum Gasteiger partial charge on any atom is -0.497 e. The topological polar surface area (TPSA) is 94.2 Å². The van der Waals surface area contributed by atoms with Gasteiger partial charge in [-0.3, -0.25) is 9.10 Å². The van der Waals surface area contributed by atoms with Gasteiger partial charge in [-0.05, 0) is 50.2 Å². The van der Waals surface area contributed by atoms with Crippen molar-refractivity contribution < 1.29 is 27.4 Å². The second kappa shape index (κ2) is 8.66. The standard InChI is InChI=1S/C22H28N2O6S/c1-22(2)13-19(18-11-10-17(29-4)12-20(18)30-22)23-21(25)14-24(31(5,26)27)15-6-8-16(28-3)9-7-15/h6-12,19H,13-14H2,1-5H3,(H,23,25)/t19-/m1/s1. The first-order valence-electron chi connectivity index (χ1n) is 9.80. The van der Waals surface area contributed by atoms with Crippen molar-refractivity contribution in [2.24, 2.45) is 0 Å². The highest BCUT2D eigenvalue weighted by atomic mass is 32.2. The molecule has 1 N–H and O–H groups in total. The van der Waals surface area contributed by atoms with Gasteiger partial charge in [0.1, 0.15) is 29.4 Å². The zero-order chi connectivity index (χ0) is 22.8. The summed E-state index contributed by atoms with van der Waals surface area (Å²) in [6, 6.07) is 11.6. The summed E-state index contributed by atoms with van der Waals surface area (Å²) in [5.41, 5.74) is 0.698. The van der Waals surface area contributed by atoms with E-state index in [0.717, 1.165) is 16.1 Å². The molecular formula is C22H28N2O6S. The minimum absolute atomic E-state index is 0.325. The lowest BCUT2D eigenvalue weighted by atomic mass is 9.89. The van der Waals surface area contributed by atoms with Crippen LogP contribution < -0.4 is 23.8 Å². The number of fused-ring (bicyclic) bond motifs is 1. The summed E-state index contributed by atoms with van der Waals surface area (Å²) in [6.45, 7) is 3.54. The SMILES string of the molecule is COc1ccc(N(CC(=O)N[C@@H]2CC(C)(C)Oc3cc(OC)ccc32)S(C)(=O)=O)cc1. The van der Waals surface area contributed by atoms with Gasteiger partial charge in [0.15, 0.2) is 0 Å². The Balaban J connectivity index is 1.82. The molecular weight excluding hydrogens is 420 g/mol. The number of carbonyl (C=O) groups excluding carboxylic acids is 1. The molecule has 0 unspecified atom stereocenters. The molecule has 0 aromatic heterocycles. The predicted molar refractivity (Wildman–Crippen MR) is 118 cm³/mol. The second-order valence-corrected chi connectivity index (χ2v) is 9.96. The van der Waals surface area contributed by atoms with E-state index in [-0.39, 0.29) is 12.6 Å². The fourth-order valence-electron chi connectivity index (χ4n) is 3.61. The van der Waals surface area contributed by atoms with Crippen molar-refractivity contribution in [3.05, 3.63) is 48.0 Å². The molecule has 1 atom stereocenters. The monoisotopic (exact) mass is 448 g/mol. The normalized spacial score (nSPS) is 17.1. The molecule has 0 aliphatic carbocycles. The van der Waals surface area contributed by atoms with E-state index in [9.17, 15) is 13.2 Å². The lowest BCUT2D eigenvalue weighted by Gasteiger charge is -2.38. The Morgan fingerprint density at radius 1 is 1.13 bits per heavy atom. The number of benzene rings is 2. The van der Waals surface area contributed by atoms with Gasteiger partial charge in [-0.1, -0.05) is 0 Å². The first-order chi connectivity index (χ1) is 14.5. The Kier molecular flexibility index (Phi) is 6.35. The Labute approximate surface area is 183 Å². The van der Waals surface area contributed by atoms with E-state index in [1.807, 2.05) is 19.9 Å². The minimum atomic E-state index is -3.68. The molecule has 2 aromatic rings. The molecule has 2 aromatic carbocycles. The van der Waals surface area contributed by atoms with Crippen LogP contribution in [0, 0.1) is 0 Å². The van der Waals surface area contributed by atoms with Crippen molar-refractivity contribution in [3.63, 3.8) is 0 Å². The average Bonchev–Trinajstić information content (AvgIpc) is 2.70. The van der Waals surface area contributed by atoms with E-state index >= 15 is 0 Å². The van der Waals surface area contributed by atoms with Gasteiger partial charge in [-0.2, -0.15) is 0 Å². The van der Waals surface area contributed by atoms with Crippen molar-refractivity contribution in [2.45, 2.75) is 31.9 Å². The fraction of sp³-hybridized carbons (Fsp3) is 0.409. The highest BCUT2D eigenvalue weighted by Crippen LogP contribution is 2.41. The maximum Gasteiger partial charge on any atom is 0.241 e. The van der Waals surface area contributed by atoms with E-state index in [1.165, 1.54) is 7.11 Å². The average molecular weight is 449 g/mol. The van der Waals surface area contributed by atoms with Gasteiger partial charge in [-0.15, -0.1) is 0 Å². The quantitative estimate of drug-likeness (QED) is 0.700. The third kappa shape index (κ3) is 5.41. The van der Waals surface area contributed by atoms with Crippen LogP contribution in [0.3, 0.4) is 0 Å². The Hall–Kier alpha value is -2.94. The summed E-state index contributed by atoms with van der Waals surface area (Å²) < 4.78 is 42.2. The molecule has 1 amide bonds. The van der Waals surface area contributed by atoms with Gasteiger partial charge < -0.3 is 19.5 Å². The number of hydrogen-bond donors (Lipinski definition) is 1. The lowest BCUT2D eigenvalue weighted by molar-refractivity contribution is -0.120. The molecule has 1 heterocycles. The van der Waals surface area contributed by atoms with Crippen LogP contribution in [0.4, 0.5) is 5.69 Å². The molecule has 0 fully saturated rings. The van der Waals surface area contributed by atoms with Crippen LogP contribution in [0.15, 0.2) is 42.5 Å². The summed E-state index contributed by atoms with van der Waals surface area (Å²) >= 11 is 0. The number of methoxy groups -OCH3 is 2. The third-order valence-electron chi connectivity index (χ3n) is 5.06. The van der Waals surface area contributed by atoms with Crippen LogP contribution in [-0.4, -0.2) is 46.9 Å². The molecule has 31 heavy (non-hydrogen) atoms. The number of amides is 1. The van der Waals surface area contributed by atoms with Crippen LogP contribution in [0.2, 0.25) is 0 Å². The molecule has 1 aliphatic heterocycles. The summed E-state index contributed by atoms with van der Waals surface area (Å²) in [7, 11) is -0.571. The number of nitrogens with one attached hydrogen (secondary N) is 1. The zero-order valence-electron chi connectivity index (χ0n) is 18.3. The molecule has 0 spiro atoms. The van der Waals surface area contributed by atoms with Gasteiger partial charge in [0, 0.05) is 18.1 Å². The Morgan fingerprint density at radius 3 is 2.32 bits per heavy atom. The number of sulfonamides is 1. The van der Waals surface area contributed by atoms with Crippen LogP contribution in [-0.2, 0) is 14.8 Å². The van der Waals surface area contributed by atoms with E-state index < -0.39 is 21.5 Å². The highest BCUT2D eigenvalue weighted by Gasteiger charge is 2.35. The first kappa shape index (κ1) is 22.7. The summed E-state index contributed by atoms with van der Waals surface area (Å²) in [5, 5.41) is 2.97. The number of rotatable bonds is 7. The molecule has 0 radical (unpaired) electrons. The highest BCUT2D eigenvalue weighted by molar-refractivity contribution is 7.92. The smallest absolute Gasteiger partial charge is 0.241 e. The van der Waals surface area contributed by atoms with Crippen LogP contribution in [0.1, 0.15) is 31.9 Å². The number of hydrogen-bond acceptors (Lipinski definition) is 6. The van der Waals surface area contributed by atoms with E-state index in [0.29, 0.717) is 29.4 Å². The molecule has 3 rings (SSSR count). The van der Waals surface area contributed by atoms with Gasteiger partial charge in [0.2, 0.25) is 15.9 Å². The van der Waals surface area contributed by atoms with E-state index in [4.69, 9.17) is 14.2 Å². The molecule has 0 saturated heterocycles. The van der Waals surface area contributed by atoms with Crippen molar-refractivity contribution in [1.82, 2.24) is 5.32 Å². The number of carbonyl (C=O) groups is 1. The largest absolute Gasteiger partial charge is 0.497 e. The fourth-order valence-corrected chi connectivity index (χ4v) is 4.46. The van der Waals surface area contributed by atoms with Crippen molar-refractivity contribution in [1.29, 1.82) is 0 Å². The van der Waals surface area contributed by atoms with Gasteiger partial charge in [0.25, 0.3) is 0 Å². The van der Waals surface area contributed by atoms with Gasteiger partial charge in [-0.25, -0.2) is 8.42 Å². The number of ether oxygens (including phenoxy) is 3. The van der Waals surface area contributed by atoms with Crippen molar-refractivity contribution >= 4 is 21.6 Å². The van der Waals surface area contributed by atoms with Crippen LogP contribution in [0.25, 0.3) is 0 Å². The molecule has 8 nitrogen and oxygen atoms in total. The number of anilines is 1. The van der Waals surface area contributed by atoms with Crippen LogP contribution >= 0.6 is 0 Å².